The van der Waals surface area contributed by atoms with Gasteiger partial charge < -0.3 is 5.32 Å². The lowest BCUT2D eigenvalue weighted by Crippen LogP contribution is -2.35. The Kier molecular flexibility index (Phi) is 2.63. The Labute approximate surface area is 72.6 Å². The molecule has 3 nitrogen and oxygen atoms in total. The van der Waals surface area contributed by atoms with Crippen LogP contribution in [-0.2, 0) is 4.79 Å². The van der Waals surface area contributed by atoms with Crippen molar-refractivity contribution in [1.29, 1.82) is 0 Å². The maximum absolute atomic E-state index is 11.5. The van der Waals surface area contributed by atoms with Gasteiger partial charge in [-0.05, 0) is 13.3 Å². The highest BCUT2D eigenvalue weighted by molar-refractivity contribution is 5.93. The molecule has 0 fully saturated rings. The lowest BCUT2D eigenvalue weighted by molar-refractivity contribution is -0.126. The van der Waals surface area contributed by atoms with Crippen molar-refractivity contribution in [3.63, 3.8) is 0 Å². The number of hydrogen-bond donors (Lipinski definition) is 1. The number of aliphatic imine (C=N–C) groups is 1. The number of carbonyl (C=O) groups excluding carboxylic acids is 1. The number of nitrogens with one attached hydrogen (secondary N) is 1. The van der Waals surface area contributed by atoms with Crippen LogP contribution in [0.5, 0.6) is 0 Å². The Balaban J connectivity index is 2.80. The molecular weight excluding hydrogens is 152 g/mol. The van der Waals surface area contributed by atoms with E-state index < -0.39 is 0 Å². The van der Waals surface area contributed by atoms with E-state index in [0.717, 1.165) is 12.8 Å². The number of nitrogens with zero attached hydrogens (tertiary/aromatic N) is 1. The van der Waals surface area contributed by atoms with Crippen molar-refractivity contribution in [2.24, 2.45) is 10.4 Å². The van der Waals surface area contributed by atoms with Gasteiger partial charge in [0, 0.05) is 6.20 Å². The fourth-order valence-corrected chi connectivity index (χ4v) is 1.30. The van der Waals surface area contributed by atoms with E-state index in [9.17, 15) is 4.79 Å². The first-order chi connectivity index (χ1) is 5.69. The van der Waals surface area contributed by atoms with Gasteiger partial charge >= 0.3 is 0 Å². The largest absolute Gasteiger partial charge is 0.316 e. The number of amides is 1. The van der Waals surface area contributed by atoms with Gasteiger partial charge in [0.1, 0.15) is 0 Å². The fourth-order valence-electron chi connectivity index (χ4n) is 1.30. The van der Waals surface area contributed by atoms with E-state index in [4.69, 9.17) is 0 Å². The molecule has 0 saturated carbocycles. The van der Waals surface area contributed by atoms with Gasteiger partial charge in [-0.2, -0.15) is 0 Å². The summed E-state index contributed by atoms with van der Waals surface area (Å²) >= 11 is 0. The van der Waals surface area contributed by atoms with Crippen molar-refractivity contribution < 1.29 is 4.79 Å². The molecule has 1 unspecified atom stereocenters. The predicted molar refractivity (Wildman–Crippen MR) is 48.8 cm³/mol. The van der Waals surface area contributed by atoms with Crippen LogP contribution >= 0.6 is 0 Å². The summed E-state index contributed by atoms with van der Waals surface area (Å²) in [6, 6.07) is 0. The number of rotatable bonds is 2. The smallest absolute Gasteiger partial charge is 0.234 e. The Morgan fingerprint density at radius 3 is 3.08 bits per heavy atom. The van der Waals surface area contributed by atoms with Crippen LogP contribution in [-0.4, -0.2) is 12.2 Å². The molecule has 0 aliphatic carbocycles. The molecule has 1 amide bonds. The quantitative estimate of drug-likeness (QED) is 0.663. The van der Waals surface area contributed by atoms with Gasteiger partial charge in [0.25, 0.3) is 0 Å². The van der Waals surface area contributed by atoms with Gasteiger partial charge in [-0.1, -0.05) is 19.4 Å². The molecule has 3 heteroatoms. The molecule has 0 bridgehead atoms. The van der Waals surface area contributed by atoms with Gasteiger partial charge in [-0.15, -0.1) is 0 Å². The van der Waals surface area contributed by atoms with Crippen molar-refractivity contribution in [3.05, 3.63) is 12.3 Å². The lowest BCUT2D eigenvalue weighted by Gasteiger charge is -2.21. The normalized spacial score (nSPS) is 28.3. The van der Waals surface area contributed by atoms with E-state index in [-0.39, 0.29) is 11.3 Å². The Morgan fingerprint density at radius 1 is 1.67 bits per heavy atom. The van der Waals surface area contributed by atoms with Crippen LogP contribution in [0, 0.1) is 5.41 Å². The molecule has 0 aromatic rings. The van der Waals surface area contributed by atoms with Gasteiger partial charge in [-0.25, -0.2) is 4.99 Å². The summed E-state index contributed by atoms with van der Waals surface area (Å²) in [5.41, 5.74) is -0.384. The van der Waals surface area contributed by atoms with Gasteiger partial charge in [0.2, 0.25) is 5.91 Å². The van der Waals surface area contributed by atoms with Crippen molar-refractivity contribution >= 4 is 12.2 Å². The second kappa shape index (κ2) is 3.52. The third-order valence-corrected chi connectivity index (χ3v) is 2.09. The summed E-state index contributed by atoms with van der Waals surface area (Å²) in [5.74, 6) is 0.0295. The molecule has 1 N–H and O–H groups in total. The summed E-state index contributed by atoms with van der Waals surface area (Å²) in [4.78, 5) is 15.3. The molecule has 1 heterocycles. The molecule has 66 valence electrons. The first-order valence-electron chi connectivity index (χ1n) is 4.19. The first-order valence-corrected chi connectivity index (χ1v) is 4.19. The van der Waals surface area contributed by atoms with Gasteiger partial charge in [0.05, 0.1) is 11.8 Å². The highest BCUT2D eigenvalue weighted by Crippen LogP contribution is 2.25. The minimum atomic E-state index is -0.384. The lowest BCUT2D eigenvalue weighted by atomic mass is 9.85. The molecular formula is C9H14N2O. The predicted octanol–water partition coefficient (Wildman–Crippen LogP) is 1.46. The van der Waals surface area contributed by atoms with E-state index in [1.165, 1.54) is 6.34 Å². The van der Waals surface area contributed by atoms with Crippen molar-refractivity contribution in [2.45, 2.75) is 26.7 Å². The second-order valence-electron chi connectivity index (χ2n) is 3.23. The minimum Gasteiger partial charge on any atom is -0.316 e. The van der Waals surface area contributed by atoms with Crippen LogP contribution in [0.3, 0.4) is 0 Å². The van der Waals surface area contributed by atoms with E-state index in [1.807, 2.05) is 13.0 Å². The summed E-state index contributed by atoms with van der Waals surface area (Å²) < 4.78 is 0. The molecule has 1 rings (SSSR count). The molecule has 0 aromatic heterocycles. The molecule has 1 atom stereocenters. The molecule has 0 aromatic carbocycles. The molecule has 0 spiro atoms. The molecule has 1 aliphatic rings. The summed E-state index contributed by atoms with van der Waals surface area (Å²) in [5, 5.41) is 2.63. The third-order valence-electron chi connectivity index (χ3n) is 2.09. The minimum absolute atomic E-state index is 0.0295. The maximum Gasteiger partial charge on any atom is 0.234 e. The van der Waals surface area contributed by atoms with Gasteiger partial charge in [0.15, 0.2) is 0 Å². The van der Waals surface area contributed by atoms with Crippen molar-refractivity contribution in [2.75, 3.05) is 0 Å². The summed E-state index contributed by atoms with van der Waals surface area (Å²) in [6.07, 6.45) is 6.82. The monoisotopic (exact) mass is 166 g/mol. The average Bonchev–Trinajstić information content (AvgIpc) is 2.17. The zero-order valence-corrected chi connectivity index (χ0v) is 7.50. The summed E-state index contributed by atoms with van der Waals surface area (Å²) in [6.45, 7) is 4.00. The summed E-state index contributed by atoms with van der Waals surface area (Å²) in [7, 11) is 0. The molecule has 12 heavy (non-hydrogen) atoms. The zero-order chi connectivity index (χ0) is 9.03. The van der Waals surface area contributed by atoms with E-state index in [1.54, 1.807) is 6.20 Å². The zero-order valence-electron chi connectivity index (χ0n) is 7.50. The maximum atomic E-state index is 11.5. The van der Waals surface area contributed by atoms with Crippen LogP contribution in [0.25, 0.3) is 0 Å². The van der Waals surface area contributed by atoms with Crippen LogP contribution < -0.4 is 5.32 Å². The number of carbonyl (C=O) groups is 1. The van der Waals surface area contributed by atoms with E-state index >= 15 is 0 Å². The Morgan fingerprint density at radius 2 is 2.42 bits per heavy atom. The van der Waals surface area contributed by atoms with Crippen LogP contribution in [0.15, 0.2) is 17.3 Å². The topological polar surface area (TPSA) is 41.5 Å². The Bertz CT molecular complexity index is 233. The van der Waals surface area contributed by atoms with E-state index in [2.05, 4.69) is 17.2 Å². The van der Waals surface area contributed by atoms with Crippen molar-refractivity contribution in [1.82, 2.24) is 5.32 Å². The molecule has 0 saturated heterocycles. The second-order valence-corrected chi connectivity index (χ2v) is 3.23. The van der Waals surface area contributed by atoms with Crippen molar-refractivity contribution in [3.8, 4) is 0 Å². The average molecular weight is 166 g/mol. The molecule has 1 aliphatic heterocycles. The SMILES string of the molecule is CCCC1(C)C=CN=CNC1=O. The standard InChI is InChI=1S/C9H14N2O/c1-3-4-9(2)5-6-10-7-11-8(9)12/h5-7H,3-4H2,1-2H3,(H,10,11,12). The Hall–Kier alpha value is -1.12. The van der Waals surface area contributed by atoms with Crippen LogP contribution in [0.1, 0.15) is 26.7 Å². The molecule has 0 radical (unpaired) electrons. The fraction of sp³-hybridized carbons (Fsp3) is 0.556. The van der Waals surface area contributed by atoms with E-state index in [0.29, 0.717) is 0 Å². The first kappa shape index (κ1) is 8.97. The number of hydrogen-bond acceptors (Lipinski definition) is 2. The van der Waals surface area contributed by atoms with Crippen LogP contribution in [0.2, 0.25) is 0 Å². The highest BCUT2D eigenvalue weighted by Gasteiger charge is 2.29. The third kappa shape index (κ3) is 1.72. The van der Waals surface area contributed by atoms with Gasteiger partial charge in [-0.3, -0.25) is 4.79 Å². The van der Waals surface area contributed by atoms with Crippen LogP contribution in [0.4, 0.5) is 0 Å². The highest BCUT2D eigenvalue weighted by atomic mass is 16.2.